The van der Waals surface area contributed by atoms with E-state index in [4.69, 9.17) is 9.15 Å². The highest BCUT2D eigenvalue weighted by Gasteiger charge is 2.19. The molecule has 0 aliphatic heterocycles. The predicted octanol–water partition coefficient (Wildman–Crippen LogP) is 4.66. The average molecular weight is 429 g/mol. The number of hydrogen-bond donors (Lipinski definition) is 2. The lowest BCUT2D eigenvalue weighted by atomic mass is 10.2. The van der Waals surface area contributed by atoms with Gasteiger partial charge in [0.25, 0.3) is 15.9 Å². The number of anilines is 2. The monoisotopic (exact) mass is 428 g/mol. The smallest absolute Gasteiger partial charge is 0.262 e. The molecule has 0 bridgehead atoms. The van der Waals surface area contributed by atoms with Crippen molar-refractivity contribution in [1.29, 1.82) is 0 Å². The molecule has 0 aliphatic rings. The lowest BCUT2D eigenvalue weighted by molar-refractivity contribution is 0.102. The van der Waals surface area contributed by atoms with Crippen molar-refractivity contribution in [3.05, 3.63) is 71.2 Å². The zero-order chi connectivity index (χ0) is 21.9. The molecule has 0 fully saturated rings. The van der Waals surface area contributed by atoms with E-state index in [-0.39, 0.29) is 10.8 Å². The molecule has 2 aromatic carbocycles. The molecular formula is C22H24N2O5S. The summed E-state index contributed by atoms with van der Waals surface area (Å²) in [4.78, 5) is 12.6. The molecule has 0 radical (unpaired) electrons. The number of sulfonamides is 1. The number of rotatable bonds is 7. The van der Waals surface area contributed by atoms with E-state index in [2.05, 4.69) is 10.0 Å². The van der Waals surface area contributed by atoms with Crippen LogP contribution in [0.25, 0.3) is 0 Å². The van der Waals surface area contributed by atoms with Crippen LogP contribution in [0.5, 0.6) is 5.75 Å². The van der Waals surface area contributed by atoms with Gasteiger partial charge in [-0.2, -0.15) is 0 Å². The van der Waals surface area contributed by atoms with Crippen molar-refractivity contribution >= 4 is 27.3 Å². The maximum atomic E-state index is 12.9. The molecule has 1 heterocycles. The summed E-state index contributed by atoms with van der Waals surface area (Å²) in [5.74, 6) is 1.42. The fraction of sp³-hybridized carbons (Fsp3) is 0.227. The lowest BCUT2D eigenvalue weighted by Gasteiger charge is -2.13. The van der Waals surface area contributed by atoms with E-state index in [1.807, 2.05) is 6.92 Å². The Morgan fingerprint density at radius 3 is 2.27 bits per heavy atom. The van der Waals surface area contributed by atoms with Crippen LogP contribution in [0.2, 0.25) is 0 Å². The van der Waals surface area contributed by atoms with Crippen LogP contribution in [0.15, 0.2) is 57.8 Å². The molecule has 1 aromatic heterocycles. The van der Waals surface area contributed by atoms with E-state index in [1.54, 1.807) is 63.2 Å². The zero-order valence-electron chi connectivity index (χ0n) is 17.3. The summed E-state index contributed by atoms with van der Waals surface area (Å²) in [6, 6.07) is 13.0. The summed E-state index contributed by atoms with van der Waals surface area (Å²) < 4.78 is 39.2. The summed E-state index contributed by atoms with van der Waals surface area (Å²) >= 11 is 0. The second-order valence-corrected chi connectivity index (χ2v) is 8.48. The van der Waals surface area contributed by atoms with E-state index in [0.29, 0.717) is 46.4 Å². The minimum Gasteiger partial charge on any atom is -0.494 e. The predicted molar refractivity (Wildman–Crippen MR) is 116 cm³/mol. The Bertz CT molecular complexity index is 1160. The van der Waals surface area contributed by atoms with Gasteiger partial charge in [-0.1, -0.05) is 6.07 Å². The largest absolute Gasteiger partial charge is 0.494 e. The van der Waals surface area contributed by atoms with Crippen molar-refractivity contribution < 1.29 is 22.4 Å². The van der Waals surface area contributed by atoms with E-state index in [1.165, 1.54) is 6.07 Å². The number of furan rings is 1. The Labute approximate surface area is 176 Å². The third-order valence-electron chi connectivity index (χ3n) is 4.44. The number of amides is 1. The normalized spacial score (nSPS) is 11.2. The van der Waals surface area contributed by atoms with Crippen molar-refractivity contribution in [2.24, 2.45) is 0 Å². The first-order chi connectivity index (χ1) is 14.2. The Hall–Kier alpha value is -3.26. The standard InChI is InChI=1S/C22H24N2O5S/c1-5-28-19-10-8-17(9-11-19)24-30(26,27)21-13-18(7-6-14(21)2)23-22(25)20-12-15(3)29-16(20)4/h6-13,24H,5H2,1-4H3,(H,23,25). The van der Waals surface area contributed by atoms with Crippen LogP contribution in [0, 0.1) is 20.8 Å². The SMILES string of the molecule is CCOc1ccc(NS(=O)(=O)c2cc(NC(=O)c3cc(C)oc3C)ccc2C)cc1. The molecular weight excluding hydrogens is 404 g/mol. The van der Waals surface area contributed by atoms with Gasteiger partial charge in [-0.15, -0.1) is 0 Å². The van der Waals surface area contributed by atoms with Crippen molar-refractivity contribution in [1.82, 2.24) is 0 Å². The molecule has 158 valence electrons. The van der Waals surface area contributed by atoms with Crippen LogP contribution < -0.4 is 14.8 Å². The third kappa shape index (κ3) is 4.83. The molecule has 0 atom stereocenters. The fourth-order valence-electron chi connectivity index (χ4n) is 3.02. The molecule has 0 saturated carbocycles. The quantitative estimate of drug-likeness (QED) is 0.571. The molecule has 0 unspecified atom stereocenters. The molecule has 0 spiro atoms. The fourth-order valence-corrected chi connectivity index (χ4v) is 4.35. The summed E-state index contributed by atoms with van der Waals surface area (Å²) in [7, 11) is -3.86. The maximum absolute atomic E-state index is 12.9. The second kappa shape index (κ2) is 8.62. The Kier molecular flexibility index (Phi) is 6.17. The van der Waals surface area contributed by atoms with E-state index in [9.17, 15) is 13.2 Å². The van der Waals surface area contributed by atoms with Crippen LogP contribution in [-0.2, 0) is 10.0 Å². The molecule has 2 N–H and O–H groups in total. The van der Waals surface area contributed by atoms with Gasteiger partial charge in [-0.25, -0.2) is 8.42 Å². The number of nitrogens with one attached hydrogen (secondary N) is 2. The minimum absolute atomic E-state index is 0.0780. The number of aryl methyl sites for hydroxylation is 3. The van der Waals surface area contributed by atoms with E-state index >= 15 is 0 Å². The molecule has 0 aliphatic carbocycles. The first kappa shape index (κ1) is 21.4. The second-order valence-electron chi connectivity index (χ2n) is 6.82. The van der Waals surface area contributed by atoms with Gasteiger partial charge in [0.1, 0.15) is 17.3 Å². The van der Waals surface area contributed by atoms with Crippen LogP contribution in [0.4, 0.5) is 11.4 Å². The highest BCUT2D eigenvalue weighted by molar-refractivity contribution is 7.92. The van der Waals surface area contributed by atoms with Gasteiger partial charge in [0.15, 0.2) is 0 Å². The molecule has 0 saturated heterocycles. The summed E-state index contributed by atoms with van der Waals surface area (Å²) in [5, 5.41) is 2.73. The molecule has 7 nitrogen and oxygen atoms in total. The summed E-state index contributed by atoms with van der Waals surface area (Å²) in [5.41, 5.74) is 1.75. The van der Waals surface area contributed by atoms with Crippen molar-refractivity contribution in [2.45, 2.75) is 32.6 Å². The summed E-state index contributed by atoms with van der Waals surface area (Å²) in [6.07, 6.45) is 0. The molecule has 3 rings (SSSR count). The van der Waals surface area contributed by atoms with Crippen LogP contribution in [-0.4, -0.2) is 20.9 Å². The lowest BCUT2D eigenvalue weighted by Crippen LogP contribution is -2.16. The molecule has 3 aromatic rings. The number of hydrogen-bond acceptors (Lipinski definition) is 5. The van der Waals surface area contributed by atoms with Gasteiger partial charge in [0, 0.05) is 11.4 Å². The van der Waals surface area contributed by atoms with Gasteiger partial charge in [-0.05, 0) is 75.7 Å². The zero-order valence-corrected chi connectivity index (χ0v) is 18.1. The third-order valence-corrected chi connectivity index (χ3v) is 5.96. The minimum atomic E-state index is -3.86. The van der Waals surface area contributed by atoms with Gasteiger partial charge in [0.05, 0.1) is 17.1 Å². The number of carbonyl (C=O) groups is 1. The van der Waals surface area contributed by atoms with Crippen LogP contribution >= 0.6 is 0 Å². The molecule has 1 amide bonds. The first-order valence-electron chi connectivity index (χ1n) is 9.44. The topological polar surface area (TPSA) is 97.6 Å². The van der Waals surface area contributed by atoms with Crippen LogP contribution in [0.1, 0.15) is 34.4 Å². The maximum Gasteiger partial charge on any atom is 0.262 e. The number of benzene rings is 2. The molecule has 8 heteroatoms. The Morgan fingerprint density at radius 1 is 1.00 bits per heavy atom. The van der Waals surface area contributed by atoms with Gasteiger partial charge in [-0.3, -0.25) is 9.52 Å². The van der Waals surface area contributed by atoms with Gasteiger partial charge >= 0.3 is 0 Å². The Balaban J connectivity index is 1.82. The highest BCUT2D eigenvalue weighted by Crippen LogP contribution is 2.25. The number of carbonyl (C=O) groups excluding carboxylic acids is 1. The summed E-state index contributed by atoms with van der Waals surface area (Å²) in [6.45, 7) is 7.56. The van der Waals surface area contributed by atoms with Crippen molar-refractivity contribution in [3.63, 3.8) is 0 Å². The Morgan fingerprint density at radius 2 is 1.67 bits per heavy atom. The highest BCUT2D eigenvalue weighted by atomic mass is 32.2. The van der Waals surface area contributed by atoms with Crippen molar-refractivity contribution in [3.8, 4) is 5.75 Å². The van der Waals surface area contributed by atoms with Gasteiger partial charge < -0.3 is 14.5 Å². The van der Waals surface area contributed by atoms with Crippen molar-refractivity contribution in [2.75, 3.05) is 16.6 Å². The number of ether oxygens (including phenoxy) is 1. The van der Waals surface area contributed by atoms with Gasteiger partial charge in [0.2, 0.25) is 0 Å². The van der Waals surface area contributed by atoms with E-state index in [0.717, 1.165) is 0 Å². The average Bonchev–Trinajstić information content (AvgIpc) is 3.03. The molecule has 30 heavy (non-hydrogen) atoms. The van der Waals surface area contributed by atoms with E-state index < -0.39 is 10.0 Å². The van der Waals surface area contributed by atoms with Crippen LogP contribution in [0.3, 0.4) is 0 Å². The first-order valence-corrected chi connectivity index (χ1v) is 10.9.